The zero-order valence-electron chi connectivity index (χ0n) is 16.3. The first-order valence-corrected chi connectivity index (χ1v) is 9.46. The van der Waals surface area contributed by atoms with E-state index in [0.29, 0.717) is 29.9 Å². The van der Waals surface area contributed by atoms with E-state index in [4.69, 9.17) is 14.6 Å². The van der Waals surface area contributed by atoms with Crippen LogP contribution in [0.4, 0.5) is 11.4 Å². The summed E-state index contributed by atoms with van der Waals surface area (Å²) in [6.45, 7) is 0.400. The van der Waals surface area contributed by atoms with Crippen molar-refractivity contribution in [3.63, 3.8) is 0 Å². The Morgan fingerprint density at radius 3 is 2.70 bits per heavy atom. The summed E-state index contributed by atoms with van der Waals surface area (Å²) in [4.78, 5) is 24.5. The van der Waals surface area contributed by atoms with Gasteiger partial charge >= 0.3 is 5.97 Å². The number of non-ortho nitro benzene ring substituents is 1. The number of allylic oxidation sites excluding steroid dienone is 1. The molecule has 0 saturated carbocycles. The zero-order chi connectivity index (χ0) is 21.3. The van der Waals surface area contributed by atoms with E-state index in [2.05, 4.69) is 0 Å². The first-order valence-electron chi connectivity index (χ1n) is 9.46. The molecule has 0 aromatic heterocycles. The molecule has 0 radical (unpaired) electrons. The minimum absolute atomic E-state index is 0.0226. The summed E-state index contributed by atoms with van der Waals surface area (Å²) in [5.74, 6) is 0.195. The molecule has 0 saturated heterocycles. The average molecular weight is 410 g/mol. The lowest BCUT2D eigenvalue weighted by atomic mass is 10.1. The maximum absolute atomic E-state index is 12.3. The summed E-state index contributed by atoms with van der Waals surface area (Å²) < 4.78 is 10.8. The Balaban J connectivity index is 1.51. The highest BCUT2D eigenvalue weighted by Crippen LogP contribution is 2.25. The molecule has 3 rings (SSSR count). The summed E-state index contributed by atoms with van der Waals surface area (Å²) >= 11 is 0. The Morgan fingerprint density at radius 2 is 1.97 bits per heavy atom. The number of carbonyl (C=O) groups is 1. The van der Waals surface area contributed by atoms with Crippen LogP contribution >= 0.6 is 0 Å². The molecule has 1 N–H and O–H groups in total. The van der Waals surface area contributed by atoms with Crippen LogP contribution in [0.25, 0.3) is 0 Å². The molecule has 0 spiro atoms. The van der Waals surface area contributed by atoms with E-state index in [-0.39, 0.29) is 25.5 Å². The largest absolute Gasteiger partial charge is 0.490 e. The van der Waals surface area contributed by atoms with Gasteiger partial charge in [0.25, 0.3) is 5.69 Å². The smallest absolute Gasteiger partial charge is 0.335 e. The normalized spacial score (nSPS) is 13.0. The fourth-order valence-electron chi connectivity index (χ4n) is 2.89. The first-order chi connectivity index (χ1) is 14.6. The van der Waals surface area contributed by atoms with Crippen LogP contribution in [-0.4, -0.2) is 35.8 Å². The number of anilines is 1. The van der Waals surface area contributed by atoms with Crippen molar-refractivity contribution in [2.24, 2.45) is 0 Å². The summed E-state index contributed by atoms with van der Waals surface area (Å²) in [7, 11) is 0. The Morgan fingerprint density at radius 1 is 1.17 bits per heavy atom. The van der Waals surface area contributed by atoms with Gasteiger partial charge in [-0.05, 0) is 30.2 Å². The van der Waals surface area contributed by atoms with Crippen molar-refractivity contribution in [3.8, 4) is 5.75 Å². The number of nitrogens with zero attached hydrogens (tertiary/aromatic N) is 2. The minimum Gasteiger partial charge on any atom is -0.490 e. The van der Waals surface area contributed by atoms with Crippen molar-refractivity contribution in [3.05, 3.63) is 88.3 Å². The molecule has 1 aliphatic rings. The second kappa shape index (κ2) is 10.2. The second-order valence-electron chi connectivity index (χ2n) is 6.53. The summed E-state index contributed by atoms with van der Waals surface area (Å²) in [6, 6.07) is 13.5. The molecule has 1 aliphatic heterocycles. The molecule has 0 unspecified atom stereocenters. The predicted octanol–water partition coefficient (Wildman–Crippen LogP) is 3.36. The lowest BCUT2D eigenvalue weighted by Gasteiger charge is -2.21. The molecule has 0 aliphatic carbocycles. The SMILES string of the molecule is O=C(OCCOc1ccc(CCO)cc1)C1=CN(c2cccc([N+](=O)[O-])c2)C=CC1. The van der Waals surface area contributed by atoms with Crippen LogP contribution in [0.15, 0.2) is 72.6 Å². The number of nitro benzene ring substituents is 1. The summed E-state index contributed by atoms with van der Waals surface area (Å²) in [5.41, 5.74) is 2.02. The molecule has 0 fully saturated rings. The third kappa shape index (κ3) is 5.68. The van der Waals surface area contributed by atoms with E-state index < -0.39 is 10.9 Å². The van der Waals surface area contributed by atoms with Gasteiger partial charge in [0.15, 0.2) is 0 Å². The number of aliphatic hydroxyl groups excluding tert-OH is 1. The molecular weight excluding hydrogens is 388 g/mol. The number of hydrogen-bond acceptors (Lipinski definition) is 7. The number of esters is 1. The van der Waals surface area contributed by atoms with Crippen molar-refractivity contribution in [2.45, 2.75) is 12.8 Å². The second-order valence-corrected chi connectivity index (χ2v) is 6.53. The van der Waals surface area contributed by atoms with E-state index in [1.54, 1.807) is 47.6 Å². The Labute approximate surface area is 173 Å². The van der Waals surface area contributed by atoms with Gasteiger partial charge in [0.05, 0.1) is 16.2 Å². The average Bonchev–Trinajstić information content (AvgIpc) is 2.78. The Bertz CT molecular complexity index is 952. The molecule has 8 heteroatoms. The molecule has 2 aromatic carbocycles. The van der Waals surface area contributed by atoms with Gasteiger partial charge in [-0.3, -0.25) is 10.1 Å². The third-order valence-electron chi connectivity index (χ3n) is 4.41. The maximum atomic E-state index is 12.3. The zero-order valence-corrected chi connectivity index (χ0v) is 16.3. The van der Waals surface area contributed by atoms with Gasteiger partial charge in [-0.25, -0.2) is 4.79 Å². The minimum atomic E-state index is -0.462. The highest BCUT2D eigenvalue weighted by molar-refractivity contribution is 5.90. The topological polar surface area (TPSA) is 102 Å². The van der Waals surface area contributed by atoms with Gasteiger partial charge < -0.3 is 19.5 Å². The molecule has 0 atom stereocenters. The number of nitro groups is 1. The van der Waals surface area contributed by atoms with Gasteiger partial charge in [-0.1, -0.05) is 24.3 Å². The summed E-state index contributed by atoms with van der Waals surface area (Å²) in [6.07, 6.45) is 6.16. The van der Waals surface area contributed by atoms with E-state index in [9.17, 15) is 14.9 Å². The quantitative estimate of drug-likeness (QED) is 0.293. The molecule has 0 amide bonds. The molecular formula is C22H22N2O6. The van der Waals surface area contributed by atoms with Crippen LogP contribution in [0, 0.1) is 10.1 Å². The van der Waals surface area contributed by atoms with E-state index in [1.807, 2.05) is 12.1 Å². The van der Waals surface area contributed by atoms with Crippen LogP contribution in [-0.2, 0) is 16.0 Å². The van der Waals surface area contributed by atoms with Gasteiger partial charge in [0, 0.05) is 37.6 Å². The van der Waals surface area contributed by atoms with E-state index in [1.165, 1.54) is 12.1 Å². The first kappa shape index (κ1) is 21.1. The van der Waals surface area contributed by atoms with Crippen LogP contribution in [0.5, 0.6) is 5.75 Å². The van der Waals surface area contributed by atoms with Crippen molar-refractivity contribution in [1.82, 2.24) is 0 Å². The van der Waals surface area contributed by atoms with Crippen molar-refractivity contribution in [2.75, 3.05) is 24.7 Å². The van der Waals surface area contributed by atoms with Crippen LogP contribution < -0.4 is 9.64 Å². The fraction of sp³-hybridized carbons (Fsp3) is 0.227. The molecule has 2 aromatic rings. The fourth-order valence-corrected chi connectivity index (χ4v) is 2.89. The molecule has 156 valence electrons. The van der Waals surface area contributed by atoms with Crippen molar-refractivity contribution < 1.29 is 24.3 Å². The lowest BCUT2D eigenvalue weighted by molar-refractivity contribution is -0.384. The molecule has 30 heavy (non-hydrogen) atoms. The van der Waals surface area contributed by atoms with Gasteiger partial charge in [-0.15, -0.1) is 0 Å². The van der Waals surface area contributed by atoms with Crippen molar-refractivity contribution >= 4 is 17.3 Å². The van der Waals surface area contributed by atoms with Crippen LogP contribution in [0.1, 0.15) is 12.0 Å². The number of carbonyl (C=O) groups excluding carboxylic acids is 1. The molecule has 8 nitrogen and oxygen atoms in total. The number of ether oxygens (including phenoxy) is 2. The van der Waals surface area contributed by atoms with Gasteiger partial charge in [0.2, 0.25) is 0 Å². The van der Waals surface area contributed by atoms with Crippen molar-refractivity contribution in [1.29, 1.82) is 0 Å². The van der Waals surface area contributed by atoms with Gasteiger partial charge in [-0.2, -0.15) is 0 Å². The third-order valence-corrected chi connectivity index (χ3v) is 4.41. The summed E-state index contributed by atoms with van der Waals surface area (Å²) in [5, 5.41) is 19.9. The number of aliphatic hydroxyl groups is 1. The Hall–Kier alpha value is -3.65. The van der Waals surface area contributed by atoms with Gasteiger partial charge in [0.1, 0.15) is 19.0 Å². The highest BCUT2D eigenvalue weighted by atomic mass is 16.6. The number of rotatable bonds is 9. The van der Waals surface area contributed by atoms with Crippen LogP contribution in [0.2, 0.25) is 0 Å². The predicted molar refractivity (Wildman–Crippen MR) is 111 cm³/mol. The Kier molecular flexibility index (Phi) is 7.18. The molecule has 0 bridgehead atoms. The standard InChI is InChI=1S/C22H22N2O6/c25-12-10-17-6-8-21(9-7-17)29-13-14-30-22(26)18-3-2-11-23(16-18)19-4-1-5-20(15-19)24(27)28/h1-2,4-9,11,15-16,25H,3,10,12-14H2. The number of hydrogen-bond donors (Lipinski definition) is 1. The molecule has 1 heterocycles. The lowest BCUT2D eigenvalue weighted by Crippen LogP contribution is -2.19. The highest BCUT2D eigenvalue weighted by Gasteiger charge is 2.17. The maximum Gasteiger partial charge on any atom is 0.335 e. The van der Waals surface area contributed by atoms with Crippen LogP contribution in [0.3, 0.4) is 0 Å². The van der Waals surface area contributed by atoms with E-state index >= 15 is 0 Å². The monoisotopic (exact) mass is 410 g/mol. The number of benzene rings is 2. The van der Waals surface area contributed by atoms with E-state index in [0.717, 1.165) is 5.56 Å².